The molecule has 4 heteroatoms. The van der Waals surface area contributed by atoms with Crippen molar-refractivity contribution in [3.63, 3.8) is 0 Å². The molecule has 0 N–H and O–H groups in total. The van der Waals surface area contributed by atoms with Crippen LogP contribution in [0.15, 0.2) is 36.4 Å². The second-order valence-electron chi connectivity index (χ2n) is 11.6. The summed E-state index contributed by atoms with van der Waals surface area (Å²) in [6.07, 6.45) is 12.2. The van der Waals surface area contributed by atoms with E-state index in [2.05, 4.69) is 38.1 Å². The van der Waals surface area contributed by atoms with Gasteiger partial charge in [-0.2, -0.15) is 0 Å². The van der Waals surface area contributed by atoms with E-state index in [0.717, 1.165) is 17.5 Å². The maximum absolute atomic E-state index is 8.98. The summed E-state index contributed by atoms with van der Waals surface area (Å²) in [4.78, 5) is 0. The van der Waals surface area contributed by atoms with Gasteiger partial charge in [-0.05, 0) is 108 Å². The van der Waals surface area contributed by atoms with Gasteiger partial charge in [0.25, 0.3) is 12.5 Å². The predicted molar refractivity (Wildman–Crippen MR) is 127 cm³/mol. The molecule has 4 aliphatic rings. The fourth-order valence-electron chi connectivity index (χ4n) is 8.65. The molecule has 4 saturated carbocycles. The number of ether oxygens (including phenoxy) is 2. The van der Waals surface area contributed by atoms with Crippen molar-refractivity contribution in [2.75, 3.05) is 0 Å². The third kappa shape index (κ3) is 3.31. The molecule has 4 aliphatic carbocycles. The lowest BCUT2D eigenvalue weighted by atomic mass is 9.33. The van der Waals surface area contributed by atoms with E-state index < -0.39 is 0 Å². The molecule has 33 heavy (non-hydrogen) atoms. The average molecular weight is 441 g/mol. The Balaban J connectivity index is 1.64. The summed E-state index contributed by atoms with van der Waals surface area (Å²) in [5.74, 6) is 1.31. The Bertz CT molecular complexity index is 1120. The minimum Gasteiger partial charge on any atom is -0.388 e. The standard InChI is InChI=1S/C29H32N2O2/c1-5-27-12-26(4)13-28(15-27,22-6-8-24(32-18-30)20(2)10-22)17-29(14-26,16-27)23-7-9-25(33-19-31)21(3)11-23/h6-11H,5,12-17H2,1-4H3. The Labute approximate surface area is 197 Å². The highest BCUT2D eigenvalue weighted by molar-refractivity contribution is 5.47. The molecule has 4 nitrogen and oxygen atoms in total. The van der Waals surface area contributed by atoms with E-state index in [9.17, 15) is 0 Å². The summed E-state index contributed by atoms with van der Waals surface area (Å²) in [6, 6.07) is 12.9. The number of hydrogen-bond acceptors (Lipinski definition) is 4. The number of rotatable bonds is 5. The third-order valence-electron chi connectivity index (χ3n) is 9.07. The van der Waals surface area contributed by atoms with Crippen LogP contribution in [-0.4, -0.2) is 0 Å². The van der Waals surface area contributed by atoms with Gasteiger partial charge in [0.15, 0.2) is 0 Å². The first kappa shape index (κ1) is 21.8. The van der Waals surface area contributed by atoms with Crippen LogP contribution in [0.1, 0.15) is 81.0 Å². The first-order valence-corrected chi connectivity index (χ1v) is 12.0. The van der Waals surface area contributed by atoms with Crippen molar-refractivity contribution >= 4 is 0 Å². The van der Waals surface area contributed by atoms with E-state index in [1.54, 1.807) is 0 Å². The zero-order chi connectivity index (χ0) is 23.5. The summed E-state index contributed by atoms with van der Waals surface area (Å²) >= 11 is 0. The largest absolute Gasteiger partial charge is 0.388 e. The lowest BCUT2D eigenvalue weighted by molar-refractivity contribution is -0.136. The molecule has 0 aliphatic heterocycles. The summed E-state index contributed by atoms with van der Waals surface area (Å²) in [5.41, 5.74) is 5.77. The van der Waals surface area contributed by atoms with Gasteiger partial charge in [0.1, 0.15) is 11.5 Å². The smallest absolute Gasteiger partial charge is 0.292 e. The van der Waals surface area contributed by atoms with Gasteiger partial charge in [-0.1, -0.05) is 44.5 Å². The van der Waals surface area contributed by atoms with Crippen LogP contribution in [0, 0.1) is 47.7 Å². The first-order valence-electron chi connectivity index (χ1n) is 12.0. The lowest BCUT2D eigenvalue weighted by Gasteiger charge is -2.71. The Morgan fingerprint density at radius 1 is 0.758 bits per heavy atom. The van der Waals surface area contributed by atoms with Crippen LogP contribution in [0.4, 0.5) is 0 Å². The molecule has 2 aromatic carbocycles. The van der Waals surface area contributed by atoms with Crippen molar-refractivity contribution < 1.29 is 9.47 Å². The monoisotopic (exact) mass is 440 g/mol. The molecule has 0 saturated heterocycles. The molecule has 0 aromatic heterocycles. The van der Waals surface area contributed by atoms with E-state index >= 15 is 0 Å². The molecule has 2 unspecified atom stereocenters. The lowest BCUT2D eigenvalue weighted by Crippen LogP contribution is -2.63. The van der Waals surface area contributed by atoms with Gasteiger partial charge in [0.2, 0.25) is 0 Å². The van der Waals surface area contributed by atoms with E-state index in [0.29, 0.717) is 22.3 Å². The summed E-state index contributed by atoms with van der Waals surface area (Å²) in [7, 11) is 0. The van der Waals surface area contributed by atoms with Crippen LogP contribution in [0.5, 0.6) is 11.5 Å². The van der Waals surface area contributed by atoms with Crippen LogP contribution < -0.4 is 9.47 Å². The van der Waals surface area contributed by atoms with E-state index in [1.807, 2.05) is 38.5 Å². The molecule has 2 atom stereocenters. The number of nitriles is 2. The fraction of sp³-hybridized carbons (Fsp3) is 0.517. The summed E-state index contributed by atoms with van der Waals surface area (Å²) in [6.45, 7) is 8.97. The maximum atomic E-state index is 8.98. The van der Waals surface area contributed by atoms with Crippen molar-refractivity contribution in [3.05, 3.63) is 58.7 Å². The number of aryl methyl sites for hydroxylation is 2. The Morgan fingerprint density at radius 2 is 1.24 bits per heavy atom. The number of hydrogen-bond donors (Lipinski definition) is 0. The average Bonchev–Trinajstić information content (AvgIpc) is 2.75. The summed E-state index contributed by atoms with van der Waals surface area (Å²) < 4.78 is 10.4. The molecule has 2 aromatic rings. The highest BCUT2D eigenvalue weighted by Crippen LogP contribution is 2.75. The van der Waals surface area contributed by atoms with Crippen LogP contribution in [0.2, 0.25) is 0 Å². The minimum absolute atomic E-state index is 0.130. The molecule has 0 radical (unpaired) electrons. The van der Waals surface area contributed by atoms with E-state index in [4.69, 9.17) is 20.0 Å². The van der Waals surface area contributed by atoms with Crippen LogP contribution >= 0.6 is 0 Å². The molecule has 4 bridgehead atoms. The fourth-order valence-corrected chi connectivity index (χ4v) is 8.65. The number of benzene rings is 2. The van der Waals surface area contributed by atoms with Gasteiger partial charge < -0.3 is 9.47 Å². The molecule has 170 valence electrons. The van der Waals surface area contributed by atoms with Gasteiger partial charge in [-0.25, -0.2) is 0 Å². The third-order valence-corrected chi connectivity index (χ3v) is 9.07. The van der Waals surface area contributed by atoms with Gasteiger partial charge >= 0.3 is 0 Å². The number of nitrogens with zero attached hydrogens (tertiary/aromatic N) is 2. The highest BCUT2D eigenvalue weighted by Gasteiger charge is 2.66. The van der Waals surface area contributed by atoms with E-state index in [-0.39, 0.29) is 10.8 Å². The normalized spacial score (nSPS) is 33.9. The second kappa shape index (κ2) is 7.26. The van der Waals surface area contributed by atoms with Gasteiger partial charge in [0, 0.05) is 0 Å². The summed E-state index contributed by atoms with van der Waals surface area (Å²) in [5, 5.41) is 18.0. The SMILES string of the molecule is CCC12CC3(C)CC(c4ccc(OC#N)c(C)c4)(C1)CC(c1ccc(OC#N)c(C)c1)(C3)C2. The zero-order valence-corrected chi connectivity index (χ0v) is 20.1. The van der Waals surface area contributed by atoms with Crippen LogP contribution in [-0.2, 0) is 10.8 Å². The van der Waals surface area contributed by atoms with Crippen molar-refractivity contribution in [2.24, 2.45) is 10.8 Å². The Morgan fingerprint density at radius 3 is 1.64 bits per heavy atom. The van der Waals surface area contributed by atoms with E-state index in [1.165, 1.54) is 49.7 Å². The molecule has 4 fully saturated rings. The van der Waals surface area contributed by atoms with Gasteiger partial charge in [0.05, 0.1) is 0 Å². The van der Waals surface area contributed by atoms with Gasteiger partial charge in [-0.15, -0.1) is 10.5 Å². The maximum Gasteiger partial charge on any atom is 0.292 e. The van der Waals surface area contributed by atoms with Gasteiger partial charge in [-0.3, -0.25) is 0 Å². The molecule has 0 amide bonds. The topological polar surface area (TPSA) is 66.0 Å². The van der Waals surface area contributed by atoms with Crippen molar-refractivity contribution in [2.45, 2.75) is 83.5 Å². The predicted octanol–water partition coefficient (Wildman–Crippen LogP) is 6.98. The highest BCUT2D eigenvalue weighted by atomic mass is 16.5. The first-order chi connectivity index (χ1) is 15.7. The quantitative estimate of drug-likeness (QED) is 0.470. The minimum atomic E-state index is 0.130. The van der Waals surface area contributed by atoms with Crippen molar-refractivity contribution in [3.8, 4) is 24.0 Å². The molecule has 6 rings (SSSR count). The van der Waals surface area contributed by atoms with Crippen LogP contribution in [0.3, 0.4) is 0 Å². The zero-order valence-electron chi connectivity index (χ0n) is 20.1. The molecule has 0 spiro atoms. The molecular weight excluding hydrogens is 408 g/mol. The Kier molecular flexibility index (Phi) is 4.81. The molecular formula is C29H32N2O2. The van der Waals surface area contributed by atoms with Crippen LogP contribution in [0.25, 0.3) is 0 Å². The second-order valence-corrected chi connectivity index (χ2v) is 11.6. The Hall–Kier alpha value is -2.98. The van der Waals surface area contributed by atoms with Crippen molar-refractivity contribution in [1.82, 2.24) is 0 Å². The molecule has 0 heterocycles. The van der Waals surface area contributed by atoms with Crippen molar-refractivity contribution in [1.29, 1.82) is 10.5 Å².